The van der Waals surface area contributed by atoms with Crippen LogP contribution in [0.1, 0.15) is 5.56 Å². The topological polar surface area (TPSA) is 41.5 Å². The molecule has 0 aliphatic heterocycles. The van der Waals surface area contributed by atoms with Crippen LogP contribution < -0.4 is 10.1 Å². The average Bonchev–Trinajstić information content (AvgIpc) is 2.39. The Morgan fingerprint density at radius 2 is 2.05 bits per heavy atom. The summed E-state index contributed by atoms with van der Waals surface area (Å²) < 4.78 is 6.01. The van der Waals surface area contributed by atoms with Gasteiger partial charge in [-0.3, -0.25) is 0 Å². The minimum absolute atomic E-state index is 0.235. The highest BCUT2D eigenvalue weighted by Crippen LogP contribution is 2.28. The molecule has 0 radical (unpaired) electrons. The summed E-state index contributed by atoms with van der Waals surface area (Å²) in [7, 11) is 1.60. The fourth-order valence-electron chi connectivity index (χ4n) is 1.65. The molecule has 5 heteroatoms. The predicted octanol–water partition coefficient (Wildman–Crippen LogP) is 4.43. The van der Waals surface area contributed by atoms with Crippen LogP contribution in [0.5, 0.6) is 11.5 Å². The van der Waals surface area contributed by atoms with Crippen molar-refractivity contribution in [2.24, 2.45) is 0 Å². The maximum Gasteiger partial charge on any atom is 0.120 e. The number of hydrogen-bond acceptors (Lipinski definition) is 3. The summed E-state index contributed by atoms with van der Waals surface area (Å²) in [6.07, 6.45) is 0. The first kappa shape index (κ1) is 14.0. The molecule has 2 aromatic carbocycles. The van der Waals surface area contributed by atoms with Crippen LogP contribution in [0.3, 0.4) is 0 Å². The third kappa shape index (κ3) is 3.55. The molecular formula is C14H13BrClNO2. The van der Waals surface area contributed by atoms with E-state index in [1.54, 1.807) is 31.4 Å². The van der Waals surface area contributed by atoms with Crippen LogP contribution in [0.15, 0.2) is 40.9 Å². The number of ether oxygens (including phenoxy) is 1. The second-order valence-electron chi connectivity index (χ2n) is 3.97. The van der Waals surface area contributed by atoms with Crippen molar-refractivity contribution in [3.63, 3.8) is 0 Å². The minimum Gasteiger partial charge on any atom is -0.508 e. The highest BCUT2D eigenvalue weighted by molar-refractivity contribution is 9.10. The fourth-order valence-corrected chi connectivity index (χ4v) is 2.48. The Labute approximate surface area is 125 Å². The largest absolute Gasteiger partial charge is 0.508 e. The van der Waals surface area contributed by atoms with Gasteiger partial charge in [-0.25, -0.2) is 0 Å². The van der Waals surface area contributed by atoms with Crippen LogP contribution in [0.4, 0.5) is 5.69 Å². The molecule has 0 aliphatic rings. The van der Waals surface area contributed by atoms with Crippen LogP contribution in [-0.4, -0.2) is 12.2 Å². The molecule has 0 fully saturated rings. The standard InChI is InChI=1S/C14H13BrClNO2/c1-19-11-3-5-14(18)9(6-11)8-17-13-4-2-10(16)7-12(13)15/h2-7,17-18H,8H2,1H3. The van der Waals surface area contributed by atoms with E-state index in [2.05, 4.69) is 21.2 Å². The lowest BCUT2D eigenvalue weighted by Crippen LogP contribution is -2.00. The molecule has 2 aromatic rings. The van der Waals surface area contributed by atoms with Gasteiger partial charge < -0.3 is 15.2 Å². The first-order chi connectivity index (χ1) is 9.10. The van der Waals surface area contributed by atoms with Gasteiger partial charge in [-0.2, -0.15) is 0 Å². The zero-order chi connectivity index (χ0) is 13.8. The van der Waals surface area contributed by atoms with Crippen LogP contribution in [0.25, 0.3) is 0 Å². The zero-order valence-electron chi connectivity index (χ0n) is 10.3. The van der Waals surface area contributed by atoms with E-state index in [1.165, 1.54) is 0 Å². The number of phenols is 1. The fraction of sp³-hybridized carbons (Fsp3) is 0.143. The van der Waals surface area contributed by atoms with Gasteiger partial charge >= 0.3 is 0 Å². The smallest absolute Gasteiger partial charge is 0.120 e. The summed E-state index contributed by atoms with van der Waals surface area (Å²) >= 11 is 9.32. The molecule has 0 spiro atoms. The predicted molar refractivity (Wildman–Crippen MR) is 81.1 cm³/mol. The number of hydrogen-bond donors (Lipinski definition) is 2. The third-order valence-electron chi connectivity index (χ3n) is 2.69. The number of aromatic hydroxyl groups is 1. The van der Waals surface area contributed by atoms with Gasteiger partial charge in [-0.15, -0.1) is 0 Å². The molecule has 0 atom stereocenters. The monoisotopic (exact) mass is 341 g/mol. The molecule has 0 saturated carbocycles. The van der Waals surface area contributed by atoms with Crippen molar-refractivity contribution in [1.29, 1.82) is 0 Å². The third-order valence-corrected chi connectivity index (χ3v) is 3.58. The maximum absolute atomic E-state index is 9.79. The van der Waals surface area contributed by atoms with Crippen molar-refractivity contribution in [1.82, 2.24) is 0 Å². The van der Waals surface area contributed by atoms with Gasteiger partial charge in [-0.05, 0) is 52.3 Å². The second kappa shape index (κ2) is 6.17. The molecule has 0 saturated heterocycles. The first-order valence-corrected chi connectivity index (χ1v) is 6.82. The quantitative estimate of drug-likeness (QED) is 0.863. The van der Waals surface area contributed by atoms with Gasteiger partial charge in [0.1, 0.15) is 11.5 Å². The normalized spacial score (nSPS) is 10.3. The lowest BCUT2D eigenvalue weighted by Gasteiger charge is -2.11. The summed E-state index contributed by atoms with van der Waals surface area (Å²) in [5.74, 6) is 0.947. The highest BCUT2D eigenvalue weighted by atomic mass is 79.9. The molecule has 0 heterocycles. The van der Waals surface area contributed by atoms with Crippen LogP contribution in [-0.2, 0) is 6.54 Å². The van der Waals surface area contributed by atoms with Crippen molar-refractivity contribution in [3.05, 3.63) is 51.5 Å². The number of halogens is 2. The highest BCUT2D eigenvalue weighted by Gasteiger charge is 2.05. The summed E-state index contributed by atoms with van der Waals surface area (Å²) in [4.78, 5) is 0. The van der Waals surface area contributed by atoms with Crippen molar-refractivity contribution in [2.75, 3.05) is 12.4 Å². The van der Waals surface area contributed by atoms with E-state index in [4.69, 9.17) is 16.3 Å². The lowest BCUT2D eigenvalue weighted by molar-refractivity contribution is 0.411. The van der Waals surface area contributed by atoms with Crippen LogP contribution in [0, 0.1) is 0 Å². The number of anilines is 1. The van der Waals surface area contributed by atoms with Crippen molar-refractivity contribution >= 4 is 33.2 Å². The van der Waals surface area contributed by atoms with E-state index in [9.17, 15) is 5.11 Å². The number of methoxy groups -OCH3 is 1. The Morgan fingerprint density at radius 3 is 2.74 bits per heavy atom. The Hall–Kier alpha value is -1.39. The number of rotatable bonds is 4. The second-order valence-corrected chi connectivity index (χ2v) is 5.26. The summed E-state index contributed by atoms with van der Waals surface area (Å²) in [6, 6.07) is 10.6. The molecule has 0 aromatic heterocycles. The zero-order valence-corrected chi connectivity index (χ0v) is 12.6. The molecule has 3 nitrogen and oxygen atoms in total. The lowest BCUT2D eigenvalue weighted by atomic mass is 10.2. The Kier molecular flexibility index (Phi) is 4.56. The molecule has 19 heavy (non-hydrogen) atoms. The van der Waals surface area contributed by atoms with Crippen molar-refractivity contribution in [3.8, 4) is 11.5 Å². The van der Waals surface area contributed by atoms with E-state index in [-0.39, 0.29) is 5.75 Å². The van der Waals surface area contributed by atoms with E-state index >= 15 is 0 Å². The Bertz CT molecular complexity index is 590. The maximum atomic E-state index is 9.79. The van der Waals surface area contributed by atoms with E-state index in [1.807, 2.05) is 12.1 Å². The molecule has 0 aliphatic carbocycles. The number of benzene rings is 2. The summed E-state index contributed by atoms with van der Waals surface area (Å²) in [5.41, 5.74) is 1.67. The molecule has 2 rings (SSSR count). The van der Waals surface area contributed by atoms with Gasteiger partial charge in [0.15, 0.2) is 0 Å². The van der Waals surface area contributed by atoms with E-state index in [0.717, 1.165) is 15.7 Å². The van der Waals surface area contributed by atoms with Gasteiger partial charge in [0, 0.05) is 27.3 Å². The van der Waals surface area contributed by atoms with Crippen LogP contribution in [0.2, 0.25) is 5.02 Å². The Balaban J connectivity index is 2.14. The molecule has 2 N–H and O–H groups in total. The minimum atomic E-state index is 0.235. The molecule has 100 valence electrons. The van der Waals surface area contributed by atoms with E-state index < -0.39 is 0 Å². The van der Waals surface area contributed by atoms with Crippen LogP contribution >= 0.6 is 27.5 Å². The van der Waals surface area contributed by atoms with E-state index in [0.29, 0.717) is 17.3 Å². The molecule has 0 amide bonds. The summed E-state index contributed by atoms with van der Waals surface area (Å²) in [5, 5.41) is 13.7. The van der Waals surface area contributed by atoms with Gasteiger partial charge in [0.25, 0.3) is 0 Å². The molecule has 0 bridgehead atoms. The number of nitrogens with one attached hydrogen (secondary N) is 1. The molecular weight excluding hydrogens is 330 g/mol. The molecule has 0 unspecified atom stereocenters. The Morgan fingerprint density at radius 1 is 1.26 bits per heavy atom. The van der Waals surface area contributed by atoms with Gasteiger partial charge in [-0.1, -0.05) is 11.6 Å². The van der Waals surface area contributed by atoms with Gasteiger partial charge in [0.05, 0.1) is 7.11 Å². The van der Waals surface area contributed by atoms with Crippen molar-refractivity contribution < 1.29 is 9.84 Å². The average molecular weight is 343 g/mol. The van der Waals surface area contributed by atoms with Gasteiger partial charge in [0.2, 0.25) is 0 Å². The number of phenolic OH excluding ortho intramolecular Hbond substituents is 1. The van der Waals surface area contributed by atoms with Crippen molar-refractivity contribution in [2.45, 2.75) is 6.54 Å². The summed E-state index contributed by atoms with van der Waals surface area (Å²) in [6.45, 7) is 0.489. The first-order valence-electron chi connectivity index (χ1n) is 5.65. The SMILES string of the molecule is COc1ccc(O)c(CNc2ccc(Cl)cc2Br)c1.